The molecule has 3 fully saturated rings. The van der Waals surface area contributed by atoms with Gasteiger partial charge in [-0.05, 0) is 130 Å². The van der Waals surface area contributed by atoms with E-state index < -0.39 is 127 Å². The molecule has 14 atom stereocenters. The van der Waals surface area contributed by atoms with E-state index in [1.807, 2.05) is 62.3 Å². The maximum Gasteiger partial charge on any atom is 0.473 e. The van der Waals surface area contributed by atoms with Crippen LogP contribution in [0.15, 0.2) is 47.4 Å². The molecule has 0 spiro atoms. The fraction of sp³-hybridized carbons (Fsp3) is 0.810. The number of phosphoric acid groups is 1. The summed E-state index contributed by atoms with van der Waals surface area (Å²) in [6, 6.07) is 0. The number of nitrogens with zero attached hydrogens (tertiary/aromatic N) is 3. The highest BCUT2D eigenvalue weighted by Gasteiger charge is 2.54. The Morgan fingerprint density at radius 3 is 1.00 bits per heavy atom. The van der Waals surface area contributed by atoms with E-state index in [4.69, 9.17) is 77.3 Å². The van der Waals surface area contributed by atoms with Crippen LogP contribution in [0.1, 0.15) is 179 Å². The average Bonchev–Trinajstić information content (AvgIpc) is 1.65. The largest absolute Gasteiger partial charge is 0.473 e. The van der Waals surface area contributed by atoms with E-state index >= 15 is 0 Å². The summed E-state index contributed by atoms with van der Waals surface area (Å²) < 4.78 is 97.9. The Bertz CT molecular complexity index is 3260. The maximum atomic E-state index is 12.8. The third kappa shape index (κ3) is 27.0. The molecule has 3 saturated heterocycles. The number of ether oxygens (including phenoxy) is 10. The van der Waals surface area contributed by atoms with Crippen molar-refractivity contribution in [3.8, 4) is 0 Å². The molecule has 32 heteroatoms. The van der Waals surface area contributed by atoms with E-state index in [1.165, 1.54) is 39.4 Å². The first kappa shape index (κ1) is 83.7. The van der Waals surface area contributed by atoms with Gasteiger partial charge in [-0.3, -0.25) is 56.6 Å². The molecule has 6 rings (SSSR count). The summed E-state index contributed by atoms with van der Waals surface area (Å²) in [6.07, 6.45) is -2.75. The Hall–Kier alpha value is -3.72. The lowest BCUT2D eigenvalue weighted by Crippen LogP contribution is -2.44. The van der Waals surface area contributed by atoms with Crippen molar-refractivity contribution in [1.29, 1.82) is 0 Å². The van der Waals surface area contributed by atoms with Crippen molar-refractivity contribution in [3.63, 3.8) is 0 Å². The van der Waals surface area contributed by atoms with Gasteiger partial charge in [0.1, 0.15) is 36.6 Å². The quantitative estimate of drug-likeness (QED) is 0.0404. The summed E-state index contributed by atoms with van der Waals surface area (Å²) in [4.78, 5) is 102. The zero-order valence-corrected chi connectivity index (χ0v) is 62.7. The number of phosphoric ester groups is 1. The molecule has 3 aliphatic heterocycles. The van der Waals surface area contributed by atoms with Gasteiger partial charge in [-0.2, -0.15) is 0 Å². The first-order valence-corrected chi connectivity index (χ1v) is 35.8. The summed E-state index contributed by atoms with van der Waals surface area (Å²) in [7, 11) is 0.134. The first-order chi connectivity index (χ1) is 43.4. The van der Waals surface area contributed by atoms with Crippen LogP contribution >= 0.6 is 14.5 Å². The lowest BCUT2D eigenvalue weighted by Gasteiger charge is -2.33. The topological polar surface area (TPSA) is 351 Å². The Kier molecular flexibility index (Phi) is 30.0. The monoisotopic (exact) mass is 1410 g/mol. The van der Waals surface area contributed by atoms with Gasteiger partial charge >= 0.3 is 31.6 Å². The summed E-state index contributed by atoms with van der Waals surface area (Å²) >= 11 is 5.30. The molecule has 3 aromatic rings. The van der Waals surface area contributed by atoms with Crippen LogP contribution in [0, 0.1) is 37.0 Å². The molecule has 0 saturated carbocycles. The highest BCUT2D eigenvalue weighted by atomic mass is 32.5. The molecular weight excluding hydrogens is 1300 g/mol. The van der Waals surface area contributed by atoms with Crippen LogP contribution in [0.5, 0.6) is 0 Å². The van der Waals surface area contributed by atoms with Gasteiger partial charge in [-0.25, -0.2) is 18.9 Å². The normalized spacial score (nSPS) is 25.7. The minimum absolute atomic E-state index is 0.0119. The van der Waals surface area contributed by atoms with Crippen molar-refractivity contribution >= 4 is 26.3 Å². The zero-order valence-electron chi connectivity index (χ0n) is 60.1. The highest BCUT2D eigenvalue weighted by molar-refractivity contribution is 8.07. The number of aryl methyl sites for hydroxylation is 3. The van der Waals surface area contributed by atoms with Crippen LogP contribution in [-0.2, 0) is 81.8 Å². The number of H-pyrrole nitrogens is 3. The second-order valence-corrected chi connectivity index (χ2v) is 34.6. The van der Waals surface area contributed by atoms with Crippen LogP contribution in [0.2, 0.25) is 0 Å². The van der Waals surface area contributed by atoms with Crippen LogP contribution in [0.4, 0.5) is 0 Å². The summed E-state index contributed by atoms with van der Waals surface area (Å²) in [5, 5.41) is 0. The summed E-state index contributed by atoms with van der Waals surface area (Å²) in [5.41, 5.74) is -4.71. The van der Waals surface area contributed by atoms with Gasteiger partial charge < -0.3 is 61.7 Å². The first-order valence-electron chi connectivity index (χ1n) is 31.7. The number of rotatable bonds is 25. The van der Waals surface area contributed by atoms with Crippen LogP contribution in [0.3, 0.4) is 0 Å². The molecule has 95 heavy (non-hydrogen) atoms. The van der Waals surface area contributed by atoms with Gasteiger partial charge in [-0.1, -0.05) is 62.3 Å². The van der Waals surface area contributed by atoms with E-state index in [9.17, 15) is 43.1 Å². The van der Waals surface area contributed by atoms with E-state index in [1.54, 1.807) is 76.5 Å². The van der Waals surface area contributed by atoms with Gasteiger partial charge in [0.25, 0.3) is 16.7 Å². The van der Waals surface area contributed by atoms with Gasteiger partial charge in [-0.15, -0.1) is 0 Å². The van der Waals surface area contributed by atoms with Crippen molar-refractivity contribution in [2.75, 3.05) is 61.0 Å². The van der Waals surface area contributed by atoms with Gasteiger partial charge in [0.2, 0.25) is 0 Å². The second kappa shape index (κ2) is 34.1. The van der Waals surface area contributed by atoms with Crippen molar-refractivity contribution in [1.82, 2.24) is 28.7 Å². The number of hydrogen-bond acceptors (Lipinski definition) is 22. The fourth-order valence-electron chi connectivity index (χ4n) is 10.6. The van der Waals surface area contributed by atoms with E-state index in [2.05, 4.69) is 35.7 Å². The SMILES string of the molecule is COCCO[C@H]1C(OC(C)(C)C)[C@@H](CC(C)(C)C)O[C@H]1n1cc(C)c(=O)[nH]c1=O.COCCO[C@H]1C(OP(=O)(O)OC(C)(C)C)[C@@H](CC(C)(C)C)O[C@H]1n1cc(C)c(=O)[nH]c1=O.COCCO[C@H]1C(OP(O)(=S)OC(C)(C)C)[C@@H](CC(C)(C)C)O[C@H]1n1cc(C)c(=O)[nH]c1=O. The number of methoxy groups -OCH3 is 3. The molecule has 5 unspecified atom stereocenters. The molecule has 0 bridgehead atoms. The molecule has 0 aliphatic carbocycles. The molecule has 29 nitrogen and oxygen atoms in total. The standard InChI is InChI=1S/C21H37N2O9P.C21H37N2O8PS.C21H36N2O6/c1-13-12-23(19(25)22-17(13)24)18-16(29-10-9-28-8)15(14(30-18)11-20(2,3)4)31-33(26,27)32-21(5,6)7;1-13-12-23(19(25)22-17(13)24)18-16(28-10-9-27-8)15(14(29-18)11-20(2,3)4)30-32(26,33)31-21(5,6)7;1-13-12-23(19(25)22-17(13)24)18-16(27-10-9-26-8)15(29-21(5,6)7)14(28-18)11-20(2,3)4/h12,14-16,18H,9-11H2,1-8H3,(H,26,27)(H,22,24,25);12,14-16,18H,9-11H2,1-8H3,(H,26,33)(H,22,24,25);12,14-16,18H,9-11H2,1-8H3,(H,22,24,25)/t14-,15?,16+,18-;14-,15?,16+,18-,32?;14-,15?,16+,18-/m111/s1. The second-order valence-electron chi connectivity index (χ2n) is 30.6. The highest BCUT2D eigenvalue weighted by Crippen LogP contribution is 2.54. The molecule has 0 amide bonds. The van der Waals surface area contributed by atoms with Crippen LogP contribution < -0.4 is 33.7 Å². The van der Waals surface area contributed by atoms with Crippen LogP contribution in [0.25, 0.3) is 0 Å². The predicted octanol–water partition coefficient (Wildman–Crippen LogP) is 7.53. The number of aromatic amines is 3. The summed E-state index contributed by atoms with van der Waals surface area (Å²) in [6.45, 7) is 37.4. The molecule has 3 aliphatic rings. The molecular formula is C63H110N6O23P2S. The maximum absolute atomic E-state index is 12.8. The summed E-state index contributed by atoms with van der Waals surface area (Å²) in [5.74, 6) is 0. The Labute approximate surface area is 562 Å². The van der Waals surface area contributed by atoms with Crippen molar-refractivity contribution in [2.45, 2.75) is 255 Å². The molecule has 5 N–H and O–H groups in total. The van der Waals surface area contributed by atoms with Crippen molar-refractivity contribution < 1.29 is 79.8 Å². The van der Waals surface area contributed by atoms with E-state index in [0.29, 0.717) is 49.4 Å². The van der Waals surface area contributed by atoms with Crippen molar-refractivity contribution in [3.05, 3.63) is 97.8 Å². The molecule has 546 valence electrons. The number of aromatic nitrogens is 6. The number of hydrogen-bond donors (Lipinski definition) is 5. The Balaban J connectivity index is 0.000000304. The lowest BCUT2D eigenvalue weighted by molar-refractivity contribution is -0.134. The van der Waals surface area contributed by atoms with Gasteiger partial charge in [0.05, 0.1) is 74.8 Å². The Morgan fingerprint density at radius 2 is 0.726 bits per heavy atom. The third-order valence-electron chi connectivity index (χ3n) is 14.1. The Morgan fingerprint density at radius 1 is 0.442 bits per heavy atom. The van der Waals surface area contributed by atoms with E-state index in [0.717, 1.165) is 6.42 Å². The predicted molar refractivity (Wildman–Crippen MR) is 359 cm³/mol. The third-order valence-corrected chi connectivity index (χ3v) is 17.2. The molecule has 6 heterocycles. The number of nitrogens with one attached hydrogen (secondary N) is 3. The lowest BCUT2D eigenvalue weighted by atomic mass is 9.87. The average molecular weight is 1410 g/mol. The fourth-order valence-corrected chi connectivity index (χ4v) is 14.2. The minimum Gasteiger partial charge on any atom is -0.382 e. The molecule has 3 aromatic heterocycles. The van der Waals surface area contributed by atoms with E-state index in [-0.39, 0.29) is 48.3 Å². The zero-order chi connectivity index (χ0) is 72.4. The van der Waals surface area contributed by atoms with Gasteiger partial charge in [0.15, 0.2) is 18.7 Å². The van der Waals surface area contributed by atoms with Crippen molar-refractivity contribution in [2.24, 2.45) is 16.2 Å². The van der Waals surface area contributed by atoms with Gasteiger partial charge in [0, 0.05) is 56.6 Å². The molecule has 0 aromatic carbocycles. The minimum atomic E-state index is -4.53. The van der Waals surface area contributed by atoms with Crippen LogP contribution in [-0.4, -0.2) is 171 Å². The molecule has 0 radical (unpaired) electrons. The smallest absolute Gasteiger partial charge is 0.382 e.